The minimum Gasteiger partial charge on any atom is -0.317 e. The van der Waals surface area contributed by atoms with Crippen molar-refractivity contribution in [2.45, 2.75) is 25.6 Å². The first-order valence-electron chi connectivity index (χ1n) is 6.80. The fourth-order valence-corrected chi connectivity index (χ4v) is 2.72. The molecule has 1 aliphatic rings. The molecule has 1 aromatic heterocycles. The molecule has 0 spiro atoms. The second-order valence-electron chi connectivity index (χ2n) is 5.39. The molecule has 108 valence electrons. The predicted molar refractivity (Wildman–Crippen MR) is 75.2 cm³/mol. The number of hydrogen-bond acceptors (Lipinski definition) is 3. The van der Waals surface area contributed by atoms with Crippen molar-refractivity contribution in [3.05, 3.63) is 16.9 Å². The number of alkyl halides is 1. The molecule has 0 bridgehead atoms. The summed E-state index contributed by atoms with van der Waals surface area (Å²) in [5.41, 5.74) is 0.551. The highest BCUT2D eigenvalue weighted by Gasteiger charge is 2.29. The van der Waals surface area contributed by atoms with Crippen LogP contribution in [0, 0.1) is 5.92 Å². The second kappa shape index (κ2) is 6.68. The zero-order valence-electron chi connectivity index (χ0n) is 11.6. The summed E-state index contributed by atoms with van der Waals surface area (Å²) >= 11 is 6.12. The number of nitrogens with zero attached hydrogens (tertiary/aromatic N) is 3. The Labute approximate surface area is 118 Å². The zero-order valence-corrected chi connectivity index (χ0v) is 12.3. The smallest absolute Gasteiger partial charge is 0.146 e. The van der Waals surface area contributed by atoms with Gasteiger partial charge in [-0.15, -0.1) is 0 Å². The summed E-state index contributed by atoms with van der Waals surface area (Å²) in [7, 11) is 3.98. The minimum atomic E-state index is -1.01. The molecule has 0 aromatic carbocycles. The van der Waals surface area contributed by atoms with Crippen molar-refractivity contribution in [1.29, 1.82) is 0 Å². The van der Waals surface area contributed by atoms with Gasteiger partial charge in [-0.1, -0.05) is 11.6 Å². The van der Waals surface area contributed by atoms with Crippen LogP contribution < -0.4 is 5.32 Å². The minimum absolute atomic E-state index is 0.0496. The van der Waals surface area contributed by atoms with Gasteiger partial charge in [0.05, 0.1) is 23.5 Å². The van der Waals surface area contributed by atoms with Crippen LogP contribution in [-0.2, 0) is 6.54 Å². The van der Waals surface area contributed by atoms with Gasteiger partial charge in [-0.2, -0.15) is 5.10 Å². The Kier molecular flexibility index (Phi) is 5.19. The maximum Gasteiger partial charge on any atom is 0.146 e. The average Bonchev–Trinajstić information content (AvgIpc) is 2.78. The lowest BCUT2D eigenvalue weighted by atomic mass is 9.91. The van der Waals surface area contributed by atoms with Crippen LogP contribution in [-0.4, -0.2) is 48.4 Å². The highest BCUT2D eigenvalue weighted by molar-refractivity contribution is 6.31. The summed E-state index contributed by atoms with van der Waals surface area (Å²) in [4.78, 5) is 2.05. The molecule has 1 unspecified atom stereocenters. The van der Waals surface area contributed by atoms with Crippen molar-refractivity contribution in [1.82, 2.24) is 20.0 Å². The molecular formula is C13H22ClFN4. The molecule has 19 heavy (non-hydrogen) atoms. The van der Waals surface area contributed by atoms with Gasteiger partial charge in [0, 0.05) is 6.54 Å². The fraction of sp³-hybridized carbons (Fsp3) is 0.769. The van der Waals surface area contributed by atoms with E-state index < -0.39 is 6.17 Å². The number of piperidine rings is 1. The lowest BCUT2D eigenvalue weighted by Crippen LogP contribution is -2.31. The van der Waals surface area contributed by atoms with E-state index in [1.807, 2.05) is 14.1 Å². The maximum atomic E-state index is 14.7. The Hall–Kier alpha value is -0.650. The van der Waals surface area contributed by atoms with Gasteiger partial charge in [-0.3, -0.25) is 4.68 Å². The standard InChI is InChI=1S/C13H22ClFN4/c1-18(2)7-8-19-13(11(14)9-17-19)12(15)10-3-5-16-6-4-10/h9-10,12,16H,3-8H2,1-2H3. The van der Waals surface area contributed by atoms with Crippen molar-refractivity contribution in [2.24, 2.45) is 5.92 Å². The zero-order chi connectivity index (χ0) is 13.8. The van der Waals surface area contributed by atoms with Crippen molar-refractivity contribution in [2.75, 3.05) is 33.7 Å². The number of nitrogens with one attached hydrogen (secondary N) is 1. The van der Waals surface area contributed by atoms with Gasteiger partial charge >= 0.3 is 0 Å². The molecule has 1 aliphatic heterocycles. The molecule has 0 saturated carbocycles. The fourth-order valence-electron chi connectivity index (χ4n) is 2.48. The summed E-state index contributed by atoms with van der Waals surface area (Å²) in [6.45, 7) is 3.26. The van der Waals surface area contributed by atoms with Crippen LogP contribution in [0.25, 0.3) is 0 Å². The van der Waals surface area contributed by atoms with Gasteiger partial charge in [0.2, 0.25) is 0 Å². The predicted octanol–water partition coefficient (Wildman–Crippen LogP) is 2.11. The van der Waals surface area contributed by atoms with Gasteiger partial charge in [0.1, 0.15) is 6.17 Å². The van der Waals surface area contributed by atoms with E-state index in [1.54, 1.807) is 10.9 Å². The summed E-state index contributed by atoms with van der Waals surface area (Å²) in [5, 5.41) is 7.91. The molecule has 1 N–H and O–H groups in total. The van der Waals surface area contributed by atoms with E-state index in [1.165, 1.54) is 0 Å². The van der Waals surface area contributed by atoms with Crippen LogP contribution >= 0.6 is 11.6 Å². The molecular weight excluding hydrogens is 267 g/mol. The van der Waals surface area contributed by atoms with Gasteiger partial charge < -0.3 is 10.2 Å². The topological polar surface area (TPSA) is 33.1 Å². The number of likely N-dealkylation sites (N-methyl/N-ethyl adjacent to an activating group) is 1. The SMILES string of the molecule is CN(C)CCn1ncc(Cl)c1C(F)C1CCNCC1. The first-order valence-corrected chi connectivity index (χ1v) is 7.18. The van der Waals surface area contributed by atoms with E-state index in [0.717, 1.165) is 32.5 Å². The number of aromatic nitrogens is 2. The summed E-state index contributed by atoms with van der Waals surface area (Å²) in [5.74, 6) is 0.0496. The molecule has 1 saturated heterocycles. The molecule has 0 aliphatic carbocycles. The van der Waals surface area contributed by atoms with E-state index in [2.05, 4.69) is 15.3 Å². The average molecular weight is 289 g/mol. The number of hydrogen-bond donors (Lipinski definition) is 1. The normalized spacial score (nSPS) is 19.0. The third-order valence-corrected chi connectivity index (χ3v) is 3.94. The third kappa shape index (κ3) is 3.68. The van der Waals surface area contributed by atoms with Gasteiger partial charge in [0.15, 0.2) is 0 Å². The molecule has 1 fully saturated rings. The Morgan fingerprint density at radius 2 is 2.21 bits per heavy atom. The van der Waals surface area contributed by atoms with Gasteiger partial charge in [0.25, 0.3) is 0 Å². The largest absolute Gasteiger partial charge is 0.317 e. The molecule has 1 atom stereocenters. The summed E-state index contributed by atoms with van der Waals surface area (Å²) in [6, 6.07) is 0. The first kappa shape index (κ1) is 14.8. The van der Waals surface area contributed by atoms with Crippen LogP contribution in [0.2, 0.25) is 5.02 Å². The Bertz CT molecular complexity index is 401. The third-order valence-electron chi connectivity index (χ3n) is 3.65. The highest BCUT2D eigenvalue weighted by atomic mass is 35.5. The van der Waals surface area contributed by atoms with Crippen LogP contribution in [0.5, 0.6) is 0 Å². The number of rotatable bonds is 5. The van der Waals surface area contributed by atoms with E-state index in [-0.39, 0.29) is 5.92 Å². The Balaban J connectivity index is 2.10. The van der Waals surface area contributed by atoms with Crippen LogP contribution in [0.4, 0.5) is 4.39 Å². The summed E-state index contributed by atoms with van der Waals surface area (Å²) in [6.07, 6.45) is 2.26. The first-order chi connectivity index (χ1) is 9.09. The summed E-state index contributed by atoms with van der Waals surface area (Å²) < 4.78 is 16.4. The second-order valence-corrected chi connectivity index (χ2v) is 5.80. The Morgan fingerprint density at radius 3 is 2.84 bits per heavy atom. The quantitative estimate of drug-likeness (QED) is 0.901. The van der Waals surface area contributed by atoms with Crippen LogP contribution in [0.3, 0.4) is 0 Å². The number of halogens is 2. The molecule has 0 amide bonds. The van der Waals surface area contributed by atoms with Crippen LogP contribution in [0.1, 0.15) is 24.7 Å². The molecule has 4 nitrogen and oxygen atoms in total. The van der Waals surface area contributed by atoms with E-state index >= 15 is 0 Å². The monoisotopic (exact) mass is 288 g/mol. The molecule has 1 aromatic rings. The molecule has 2 rings (SSSR count). The maximum absolute atomic E-state index is 14.7. The van der Waals surface area contributed by atoms with E-state index in [9.17, 15) is 4.39 Å². The van der Waals surface area contributed by atoms with Crippen molar-refractivity contribution >= 4 is 11.6 Å². The van der Waals surface area contributed by atoms with Crippen molar-refractivity contribution in [3.63, 3.8) is 0 Å². The molecule has 0 radical (unpaired) electrons. The Morgan fingerprint density at radius 1 is 1.53 bits per heavy atom. The molecule has 6 heteroatoms. The van der Waals surface area contributed by atoms with Crippen molar-refractivity contribution < 1.29 is 4.39 Å². The van der Waals surface area contributed by atoms with Gasteiger partial charge in [-0.05, 0) is 45.9 Å². The van der Waals surface area contributed by atoms with E-state index in [4.69, 9.17) is 11.6 Å². The highest BCUT2D eigenvalue weighted by Crippen LogP contribution is 2.35. The van der Waals surface area contributed by atoms with Crippen molar-refractivity contribution in [3.8, 4) is 0 Å². The van der Waals surface area contributed by atoms with Crippen LogP contribution in [0.15, 0.2) is 6.20 Å². The lowest BCUT2D eigenvalue weighted by molar-refractivity contribution is 0.178. The molecule has 2 heterocycles. The van der Waals surface area contributed by atoms with E-state index in [0.29, 0.717) is 17.3 Å². The van der Waals surface area contributed by atoms with Gasteiger partial charge in [-0.25, -0.2) is 4.39 Å². The lowest BCUT2D eigenvalue weighted by Gasteiger charge is -2.26.